The van der Waals surface area contributed by atoms with Crippen LogP contribution < -0.4 is 0 Å². The fraction of sp³-hybridized carbons (Fsp3) is 0.273. The number of aliphatic hydroxyl groups is 1. The predicted octanol–water partition coefficient (Wildman–Crippen LogP) is 4.60. The fourth-order valence-electron chi connectivity index (χ4n) is 1.58. The molecule has 18 heavy (non-hydrogen) atoms. The maximum absolute atomic E-state index is 13.1. The SMILES string of the molecule is OC(c1csc2c(Br)cccc12)C(F)(F)C(F)F. The summed E-state index contributed by atoms with van der Waals surface area (Å²) in [6.07, 6.45) is -6.42. The summed E-state index contributed by atoms with van der Waals surface area (Å²) in [5.74, 6) is -4.46. The Balaban J connectivity index is 2.52. The molecule has 1 heterocycles. The molecule has 7 heteroatoms. The molecular formula is C11H7BrF4OS. The molecule has 0 aliphatic rings. The van der Waals surface area contributed by atoms with Crippen LogP contribution in [-0.2, 0) is 0 Å². The number of fused-ring (bicyclic) bond motifs is 1. The molecular weight excluding hydrogens is 336 g/mol. The largest absolute Gasteiger partial charge is 0.382 e. The van der Waals surface area contributed by atoms with E-state index in [1.807, 2.05) is 0 Å². The molecule has 1 aromatic carbocycles. The van der Waals surface area contributed by atoms with Crippen LogP contribution in [0, 0.1) is 0 Å². The second-order valence-corrected chi connectivity index (χ2v) is 5.42. The van der Waals surface area contributed by atoms with Gasteiger partial charge in [0.1, 0.15) is 6.10 Å². The van der Waals surface area contributed by atoms with Gasteiger partial charge < -0.3 is 5.11 Å². The molecule has 1 atom stereocenters. The van der Waals surface area contributed by atoms with E-state index in [-0.39, 0.29) is 5.56 Å². The van der Waals surface area contributed by atoms with Crippen molar-refractivity contribution in [3.63, 3.8) is 0 Å². The molecule has 0 amide bonds. The zero-order valence-electron chi connectivity index (χ0n) is 8.71. The Labute approximate surface area is 112 Å². The van der Waals surface area contributed by atoms with Crippen molar-refractivity contribution < 1.29 is 22.7 Å². The fourth-order valence-corrected chi connectivity index (χ4v) is 3.22. The number of hydrogen-bond donors (Lipinski definition) is 1. The monoisotopic (exact) mass is 342 g/mol. The Bertz CT molecular complexity index is 569. The maximum atomic E-state index is 13.1. The van der Waals surface area contributed by atoms with Crippen LogP contribution in [0.1, 0.15) is 11.7 Å². The van der Waals surface area contributed by atoms with E-state index in [4.69, 9.17) is 0 Å². The molecule has 0 aliphatic carbocycles. The van der Waals surface area contributed by atoms with Gasteiger partial charge >= 0.3 is 12.3 Å². The van der Waals surface area contributed by atoms with E-state index in [0.717, 1.165) is 11.3 Å². The van der Waals surface area contributed by atoms with E-state index in [1.54, 1.807) is 12.1 Å². The third-order valence-corrected chi connectivity index (χ3v) is 4.50. The summed E-state index contributed by atoms with van der Waals surface area (Å²) in [7, 11) is 0. The maximum Gasteiger partial charge on any atom is 0.336 e. The molecule has 98 valence electrons. The van der Waals surface area contributed by atoms with Crippen molar-refractivity contribution in [2.24, 2.45) is 0 Å². The number of benzene rings is 1. The Morgan fingerprint density at radius 1 is 1.28 bits per heavy atom. The van der Waals surface area contributed by atoms with E-state index < -0.39 is 18.5 Å². The number of thiophene rings is 1. The zero-order chi connectivity index (χ0) is 13.5. The van der Waals surface area contributed by atoms with Gasteiger partial charge in [0, 0.05) is 14.7 Å². The van der Waals surface area contributed by atoms with E-state index in [0.29, 0.717) is 14.6 Å². The minimum Gasteiger partial charge on any atom is -0.382 e. The van der Waals surface area contributed by atoms with Gasteiger partial charge in [0.15, 0.2) is 0 Å². The zero-order valence-corrected chi connectivity index (χ0v) is 11.1. The van der Waals surface area contributed by atoms with Crippen LogP contribution in [0.15, 0.2) is 28.1 Å². The molecule has 1 nitrogen and oxygen atoms in total. The molecule has 0 saturated carbocycles. The smallest absolute Gasteiger partial charge is 0.336 e. The average molecular weight is 343 g/mol. The predicted molar refractivity (Wildman–Crippen MR) is 65.4 cm³/mol. The van der Waals surface area contributed by atoms with Crippen LogP contribution in [0.3, 0.4) is 0 Å². The first-order chi connectivity index (χ1) is 8.35. The highest BCUT2D eigenvalue weighted by atomic mass is 79.9. The quantitative estimate of drug-likeness (QED) is 0.808. The lowest BCUT2D eigenvalue weighted by Gasteiger charge is -2.21. The van der Waals surface area contributed by atoms with Crippen LogP contribution in [0.2, 0.25) is 0 Å². The van der Waals surface area contributed by atoms with E-state index >= 15 is 0 Å². The van der Waals surface area contributed by atoms with Crippen LogP contribution in [0.25, 0.3) is 10.1 Å². The van der Waals surface area contributed by atoms with Gasteiger partial charge in [0.25, 0.3) is 0 Å². The van der Waals surface area contributed by atoms with Gasteiger partial charge in [0.2, 0.25) is 0 Å². The lowest BCUT2D eigenvalue weighted by atomic mass is 10.0. The molecule has 0 radical (unpaired) electrons. The number of halogens is 5. The summed E-state index contributed by atoms with van der Waals surface area (Å²) in [4.78, 5) is 0. The molecule has 2 aromatic rings. The third-order valence-electron chi connectivity index (χ3n) is 2.53. The van der Waals surface area contributed by atoms with E-state index in [9.17, 15) is 22.7 Å². The summed E-state index contributed by atoms with van der Waals surface area (Å²) in [6, 6.07) is 4.81. The normalized spacial score (nSPS) is 14.4. The first kappa shape index (κ1) is 13.8. The highest BCUT2D eigenvalue weighted by Crippen LogP contribution is 2.42. The summed E-state index contributed by atoms with van der Waals surface area (Å²) in [5.41, 5.74) is -0.179. The van der Waals surface area contributed by atoms with Crippen molar-refractivity contribution in [3.8, 4) is 0 Å². The standard InChI is InChI=1S/C11H7BrF4OS/c12-7-3-1-2-5-6(4-18-8(5)7)9(17)11(15,16)10(13)14/h1-4,9-10,17H. The molecule has 1 N–H and O–H groups in total. The Hall–Kier alpha value is -0.660. The summed E-state index contributed by atoms with van der Waals surface area (Å²) in [6.45, 7) is 0. The number of aliphatic hydroxyl groups excluding tert-OH is 1. The Morgan fingerprint density at radius 3 is 2.56 bits per heavy atom. The van der Waals surface area contributed by atoms with Crippen LogP contribution in [0.4, 0.5) is 17.6 Å². The number of alkyl halides is 4. The third kappa shape index (κ3) is 2.15. The lowest BCUT2D eigenvalue weighted by Crippen LogP contribution is -2.34. The van der Waals surface area contributed by atoms with Crippen molar-refractivity contribution in [1.29, 1.82) is 0 Å². The van der Waals surface area contributed by atoms with Crippen molar-refractivity contribution >= 4 is 37.4 Å². The minimum atomic E-state index is -4.46. The van der Waals surface area contributed by atoms with Crippen molar-refractivity contribution in [1.82, 2.24) is 0 Å². The molecule has 0 spiro atoms. The first-order valence-electron chi connectivity index (χ1n) is 4.85. The van der Waals surface area contributed by atoms with Gasteiger partial charge in [-0.1, -0.05) is 12.1 Å². The summed E-state index contributed by atoms with van der Waals surface area (Å²) >= 11 is 4.34. The van der Waals surface area contributed by atoms with Crippen LogP contribution >= 0.6 is 27.3 Å². The van der Waals surface area contributed by atoms with Gasteiger partial charge in [-0.25, -0.2) is 8.78 Å². The molecule has 0 fully saturated rings. The molecule has 0 aliphatic heterocycles. The van der Waals surface area contributed by atoms with Gasteiger partial charge in [0.05, 0.1) is 0 Å². The Kier molecular flexibility index (Phi) is 3.66. The minimum absolute atomic E-state index is 0.179. The molecule has 0 saturated heterocycles. The van der Waals surface area contributed by atoms with E-state index in [1.165, 1.54) is 11.4 Å². The molecule has 1 unspecified atom stereocenters. The van der Waals surface area contributed by atoms with Crippen molar-refractivity contribution in [2.75, 3.05) is 0 Å². The summed E-state index contributed by atoms with van der Waals surface area (Å²) < 4.78 is 52.0. The van der Waals surface area contributed by atoms with Crippen molar-refractivity contribution in [3.05, 3.63) is 33.6 Å². The first-order valence-corrected chi connectivity index (χ1v) is 6.52. The van der Waals surface area contributed by atoms with Crippen molar-refractivity contribution in [2.45, 2.75) is 18.5 Å². The highest BCUT2D eigenvalue weighted by Gasteiger charge is 2.49. The number of hydrogen-bond acceptors (Lipinski definition) is 2. The topological polar surface area (TPSA) is 20.2 Å². The highest BCUT2D eigenvalue weighted by molar-refractivity contribution is 9.10. The van der Waals surface area contributed by atoms with Gasteiger partial charge in [-0.3, -0.25) is 0 Å². The Morgan fingerprint density at radius 2 is 1.94 bits per heavy atom. The molecule has 2 rings (SSSR count). The van der Waals surface area contributed by atoms with E-state index in [2.05, 4.69) is 15.9 Å². The second kappa shape index (κ2) is 4.79. The van der Waals surface area contributed by atoms with Gasteiger partial charge in [-0.15, -0.1) is 11.3 Å². The second-order valence-electron chi connectivity index (χ2n) is 3.69. The average Bonchev–Trinajstić information content (AvgIpc) is 2.73. The van der Waals surface area contributed by atoms with Gasteiger partial charge in [-0.2, -0.15) is 8.78 Å². The van der Waals surface area contributed by atoms with Crippen LogP contribution in [-0.4, -0.2) is 17.5 Å². The number of rotatable bonds is 3. The van der Waals surface area contributed by atoms with Gasteiger partial charge in [-0.05, 0) is 32.8 Å². The lowest BCUT2D eigenvalue weighted by molar-refractivity contribution is -0.193. The molecule has 1 aromatic heterocycles. The summed E-state index contributed by atoms with van der Waals surface area (Å²) in [5, 5.41) is 11.1. The molecule has 0 bridgehead atoms. The van der Waals surface area contributed by atoms with Crippen LogP contribution in [0.5, 0.6) is 0 Å².